The summed E-state index contributed by atoms with van der Waals surface area (Å²) in [5.41, 5.74) is 0.512. The maximum Gasteiger partial charge on any atom is 0.339 e. The van der Waals surface area contributed by atoms with E-state index in [1.54, 1.807) is 31.4 Å². The first-order valence-electron chi connectivity index (χ1n) is 6.92. The molecule has 0 saturated carbocycles. The van der Waals surface area contributed by atoms with Gasteiger partial charge in [0.15, 0.2) is 17.3 Å². The fraction of sp³-hybridized carbons (Fsp3) is 0.176. The average Bonchev–Trinajstić information content (AvgIpc) is 3.00. The summed E-state index contributed by atoms with van der Waals surface area (Å²) in [5.74, 6) is 2.53. The van der Waals surface area contributed by atoms with Gasteiger partial charge in [-0.2, -0.15) is 0 Å². The monoisotopic (exact) mass is 313 g/mol. The number of rotatable bonds is 4. The van der Waals surface area contributed by atoms with E-state index in [1.807, 2.05) is 13.0 Å². The Kier molecular flexibility index (Phi) is 3.89. The van der Waals surface area contributed by atoms with E-state index in [0.29, 0.717) is 28.5 Å². The summed E-state index contributed by atoms with van der Waals surface area (Å²) in [6.07, 6.45) is 0. The Bertz CT molecular complexity index is 894. The molecule has 1 aromatic carbocycles. The number of furan rings is 1. The average molecular weight is 313 g/mol. The van der Waals surface area contributed by atoms with Crippen LogP contribution in [0.5, 0.6) is 11.5 Å². The first kappa shape index (κ1) is 14.9. The van der Waals surface area contributed by atoms with Crippen molar-refractivity contribution in [1.82, 2.24) is 4.98 Å². The van der Waals surface area contributed by atoms with Crippen molar-refractivity contribution in [3.05, 3.63) is 52.6 Å². The number of aromatic nitrogens is 1. The molecular formula is C17H15NO5. The molecule has 2 aromatic heterocycles. The van der Waals surface area contributed by atoms with E-state index >= 15 is 0 Å². The van der Waals surface area contributed by atoms with Crippen molar-refractivity contribution in [3.63, 3.8) is 0 Å². The van der Waals surface area contributed by atoms with Crippen LogP contribution >= 0.6 is 0 Å². The highest BCUT2D eigenvalue weighted by molar-refractivity contribution is 5.62. The van der Waals surface area contributed by atoms with Crippen LogP contribution in [0.3, 0.4) is 0 Å². The van der Waals surface area contributed by atoms with Crippen molar-refractivity contribution in [2.24, 2.45) is 0 Å². The van der Waals surface area contributed by atoms with E-state index in [2.05, 4.69) is 4.98 Å². The SMILES string of the molecule is COc1ccc(-c2nc(-c3ccc(C)o3)cc(=O)o2)cc1OC. The third-order valence-electron chi connectivity index (χ3n) is 3.30. The van der Waals surface area contributed by atoms with Crippen molar-refractivity contribution >= 4 is 0 Å². The molecule has 0 spiro atoms. The van der Waals surface area contributed by atoms with E-state index in [9.17, 15) is 4.79 Å². The molecule has 2 heterocycles. The Hall–Kier alpha value is -3.02. The number of hydrogen-bond donors (Lipinski definition) is 0. The predicted molar refractivity (Wildman–Crippen MR) is 83.8 cm³/mol. The minimum Gasteiger partial charge on any atom is -0.493 e. The third kappa shape index (κ3) is 2.96. The van der Waals surface area contributed by atoms with E-state index in [4.69, 9.17) is 18.3 Å². The third-order valence-corrected chi connectivity index (χ3v) is 3.30. The van der Waals surface area contributed by atoms with E-state index in [-0.39, 0.29) is 5.89 Å². The van der Waals surface area contributed by atoms with Crippen LogP contribution in [0.25, 0.3) is 22.9 Å². The van der Waals surface area contributed by atoms with Gasteiger partial charge in [0.25, 0.3) is 0 Å². The van der Waals surface area contributed by atoms with Crippen LogP contribution in [-0.2, 0) is 0 Å². The molecule has 0 bridgehead atoms. The molecule has 3 aromatic rings. The molecule has 6 heteroatoms. The quantitative estimate of drug-likeness (QED) is 0.736. The van der Waals surface area contributed by atoms with E-state index in [1.165, 1.54) is 13.2 Å². The van der Waals surface area contributed by atoms with Crippen molar-refractivity contribution in [1.29, 1.82) is 0 Å². The lowest BCUT2D eigenvalue weighted by Crippen LogP contribution is -2.02. The van der Waals surface area contributed by atoms with Crippen LogP contribution in [0.1, 0.15) is 5.76 Å². The molecule has 23 heavy (non-hydrogen) atoms. The van der Waals surface area contributed by atoms with Gasteiger partial charge in [-0.05, 0) is 37.3 Å². The van der Waals surface area contributed by atoms with Crippen LogP contribution in [0.2, 0.25) is 0 Å². The summed E-state index contributed by atoms with van der Waals surface area (Å²) in [6.45, 7) is 1.82. The molecule has 118 valence electrons. The summed E-state index contributed by atoms with van der Waals surface area (Å²) in [7, 11) is 3.09. The molecule has 0 aliphatic heterocycles. The first-order valence-corrected chi connectivity index (χ1v) is 6.92. The molecule has 0 N–H and O–H groups in total. The van der Waals surface area contributed by atoms with Gasteiger partial charge in [-0.25, -0.2) is 9.78 Å². The molecule has 3 rings (SSSR count). The minimum absolute atomic E-state index is 0.183. The minimum atomic E-state index is -0.506. The van der Waals surface area contributed by atoms with Gasteiger partial charge in [0, 0.05) is 5.56 Å². The summed E-state index contributed by atoms with van der Waals surface area (Å²) in [6, 6.07) is 10.0. The molecule has 0 aliphatic rings. The highest BCUT2D eigenvalue weighted by Gasteiger charge is 2.13. The zero-order valence-electron chi connectivity index (χ0n) is 13.0. The van der Waals surface area contributed by atoms with Crippen molar-refractivity contribution in [2.75, 3.05) is 14.2 Å². The van der Waals surface area contributed by atoms with Gasteiger partial charge in [-0.3, -0.25) is 0 Å². The lowest BCUT2D eigenvalue weighted by atomic mass is 10.2. The zero-order valence-corrected chi connectivity index (χ0v) is 13.0. The van der Waals surface area contributed by atoms with Crippen molar-refractivity contribution in [2.45, 2.75) is 6.92 Å². The number of ether oxygens (including phenoxy) is 2. The molecule has 6 nitrogen and oxygen atoms in total. The normalized spacial score (nSPS) is 10.6. The topological polar surface area (TPSA) is 74.7 Å². The van der Waals surface area contributed by atoms with Crippen molar-refractivity contribution in [3.8, 4) is 34.4 Å². The van der Waals surface area contributed by atoms with Crippen LogP contribution < -0.4 is 15.1 Å². The zero-order chi connectivity index (χ0) is 16.4. The van der Waals surface area contributed by atoms with Gasteiger partial charge in [0.05, 0.1) is 20.3 Å². The van der Waals surface area contributed by atoms with Crippen molar-refractivity contribution < 1.29 is 18.3 Å². The smallest absolute Gasteiger partial charge is 0.339 e. The van der Waals surface area contributed by atoms with Gasteiger partial charge in [-0.1, -0.05) is 0 Å². The molecule has 0 aliphatic carbocycles. The van der Waals surface area contributed by atoms with Gasteiger partial charge < -0.3 is 18.3 Å². The standard InChI is InChI=1S/C17H15NO5/c1-10-4-6-13(22-10)12-9-16(19)23-17(18-12)11-5-7-14(20-2)15(8-11)21-3/h4-9H,1-3H3. The Labute approximate surface area is 132 Å². The Morgan fingerprint density at radius 2 is 1.74 bits per heavy atom. The maximum atomic E-state index is 11.8. The second-order valence-corrected chi connectivity index (χ2v) is 4.85. The molecule has 0 unspecified atom stereocenters. The van der Waals surface area contributed by atoms with Gasteiger partial charge in [0.2, 0.25) is 5.89 Å². The number of nitrogens with zero attached hydrogens (tertiary/aromatic N) is 1. The first-order chi connectivity index (χ1) is 11.1. The molecular weight excluding hydrogens is 298 g/mol. The van der Waals surface area contributed by atoms with Crippen LogP contribution in [0, 0.1) is 6.92 Å². The number of benzene rings is 1. The molecule has 0 atom stereocenters. The summed E-state index contributed by atoms with van der Waals surface area (Å²) in [5, 5.41) is 0. The molecule has 0 saturated heterocycles. The molecule has 0 fully saturated rings. The number of methoxy groups -OCH3 is 2. The summed E-state index contributed by atoms with van der Waals surface area (Å²) >= 11 is 0. The second kappa shape index (κ2) is 6.00. The Balaban J connectivity index is 2.10. The number of aryl methyl sites for hydroxylation is 1. The second-order valence-electron chi connectivity index (χ2n) is 4.85. The fourth-order valence-corrected chi connectivity index (χ4v) is 2.19. The predicted octanol–water partition coefficient (Wildman–Crippen LogP) is 3.29. The lowest BCUT2D eigenvalue weighted by molar-refractivity contribution is 0.355. The van der Waals surface area contributed by atoms with E-state index < -0.39 is 5.63 Å². The molecule has 0 radical (unpaired) electrons. The lowest BCUT2D eigenvalue weighted by Gasteiger charge is -2.08. The van der Waals surface area contributed by atoms with Gasteiger partial charge in [-0.15, -0.1) is 0 Å². The van der Waals surface area contributed by atoms with Gasteiger partial charge in [0.1, 0.15) is 11.5 Å². The van der Waals surface area contributed by atoms with Crippen LogP contribution in [-0.4, -0.2) is 19.2 Å². The Morgan fingerprint density at radius 1 is 0.957 bits per heavy atom. The highest BCUT2D eigenvalue weighted by Crippen LogP contribution is 2.32. The van der Waals surface area contributed by atoms with Gasteiger partial charge >= 0.3 is 5.63 Å². The maximum absolute atomic E-state index is 11.8. The van der Waals surface area contributed by atoms with Crippen LogP contribution in [0.15, 0.2) is 50.0 Å². The summed E-state index contributed by atoms with van der Waals surface area (Å²) < 4.78 is 21.2. The Morgan fingerprint density at radius 3 is 2.39 bits per heavy atom. The highest BCUT2D eigenvalue weighted by atomic mass is 16.5. The largest absolute Gasteiger partial charge is 0.493 e. The molecule has 0 amide bonds. The van der Waals surface area contributed by atoms with Crippen LogP contribution in [0.4, 0.5) is 0 Å². The fourth-order valence-electron chi connectivity index (χ4n) is 2.19. The number of hydrogen-bond acceptors (Lipinski definition) is 6. The van der Waals surface area contributed by atoms with E-state index in [0.717, 1.165) is 5.76 Å². The summed E-state index contributed by atoms with van der Waals surface area (Å²) in [4.78, 5) is 16.2.